The topological polar surface area (TPSA) is 103 Å². The van der Waals surface area contributed by atoms with E-state index in [0.29, 0.717) is 20.4 Å². The fraction of sp³-hybridized carbons (Fsp3) is 0.0455. The van der Waals surface area contributed by atoms with Crippen molar-refractivity contribution in [2.75, 3.05) is 5.32 Å². The molecule has 0 bridgehead atoms. The first-order chi connectivity index (χ1) is 15.3. The molecule has 7 nitrogen and oxygen atoms in total. The van der Waals surface area contributed by atoms with E-state index in [2.05, 4.69) is 36.3 Å². The fourth-order valence-electron chi connectivity index (χ4n) is 2.91. The first kappa shape index (κ1) is 21.4. The maximum Gasteiger partial charge on any atom is 0.331 e. The molecule has 0 aliphatic rings. The quantitative estimate of drug-likeness (QED) is 0.269. The Morgan fingerprint density at radius 2 is 1.69 bits per heavy atom. The lowest BCUT2D eigenvalue weighted by molar-refractivity contribution is 0.0696. The van der Waals surface area contributed by atoms with Crippen molar-refractivity contribution in [3.8, 4) is 11.4 Å². The number of anilines is 2. The van der Waals surface area contributed by atoms with Crippen molar-refractivity contribution < 1.29 is 8.78 Å². The second-order valence-electron chi connectivity index (χ2n) is 6.74. The Morgan fingerprint density at radius 3 is 2.41 bits per heavy atom. The average molecular weight is 496 g/mol. The van der Waals surface area contributed by atoms with E-state index in [-0.39, 0.29) is 17.1 Å². The molecule has 2 aromatic heterocycles. The zero-order chi connectivity index (χ0) is 22.7. The van der Waals surface area contributed by atoms with Gasteiger partial charge in [-0.3, -0.25) is 10.8 Å². The van der Waals surface area contributed by atoms with Crippen molar-refractivity contribution >= 4 is 33.3 Å². The lowest BCUT2D eigenvalue weighted by Crippen LogP contribution is -2.39. The van der Waals surface area contributed by atoms with Crippen molar-refractivity contribution in [1.29, 1.82) is 10.8 Å². The number of benzene rings is 2. The van der Waals surface area contributed by atoms with Crippen LogP contribution in [0.15, 0.2) is 83.6 Å². The molecule has 2 aromatic carbocycles. The van der Waals surface area contributed by atoms with Crippen LogP contribution in [0.4, 0.5) is 20.3 Å². The van der Waals surface area contributed by atoms with Crippen molar-refractivity contribution in [2.45, 2.75) is 5.92 Å². The van der Waals surface area contributed by atoms with E-state index in [0.717, 1.165) is 0 Å². The molecule has 4 rings (SSSR count). The third-order valence-corrected chi connectivity index (χ3v) is 4.90. The van der Waals surface area contributed by atoms with Gasteiger partial charge in [0.1, 0.15) is 5.49 Å². The van der Waals surface area contributed by atoms with E-state index in [1.807, 2.05) is 18.2 Å². The highest BCUT2D eigenvalue weighted by atomic mass is 79.9. The monoisotopic (exact) mass is 495 g/mol. The summed E-state index contributed by atoms with van der Waals surface area (Å²) in [5, 5.41) is 23.2. The maximum absolute atomic E-state index is 15.3. The molecule has 0 saturated carbocycles. The van der Waals surface area contributed by atoms with Gasteiger partial charge in [-0.2, -0.15) is 13.5 Å². The lowest BCUT2D eigenvalue weighted by Gasteiger charge is -2.20. The largest absolute Gasteiger partial charge is 0.339 e. The van der Waals surface area contributed by atoms with Crippen molar-refractivity contribution in [1.82, 2.24) is 19.7 Å². The fourth-order valence-corrected chi connectivity index (χ4v) is 3.12. The van der Waals surface area contributed by atoms with Crippen molar-refractivity contribution in [2.24, 2.45) is 0 Å². The molecular formula is C22H16BrF2N7. The minimum Gasteiger partial charge on any atom is -0.339 e. The van der Waals surface area contributed by atoms with Crippen molar-refractivity contribution in [3.05, 3.63) is 94.6 Å². The van der Waals surface area contributed by atoms with Gasteiger partial charge in [-0.1, -0.05) is 36.4 Å². The van der Waals surface area contributed by atoms with E-state index in [9.17, 15) is 0 Å². The Bertz CT molecular complexity index is 1320. The summed E-state index contributed by atoms with van der Waals surface area (Å²) in [5.74, 6) is -4.36. The summed E-state index contributed by atoms with van der Waals surface area (Å²) in [6, 6.07) is 17.3. The van der Waals surface area contributed by atoms with Crippen LogP contribution in [-0.2, 0) is 5.92 Å². The van der Waals surface area contributed by atoms with Crippen molar-refractivity contribution in [3.63, 3.8) is 0 Å². The van der Waals surface area contributed by atoms with E-state index in [1.165, 1.54) is 42.7 Å². The lowest BCUT2D eigenvalue weighted by atomic mass is 10.0. The van der Waals surface area contributed by atoms with E-state index >= 15 is 8.78 Å². The van der Waals surface area contributed by atoms with Crippen LogP contribution in [0.5, 0.6) is 0 Å². The van der Waals surface area contributed by atoms with Gasteiger partial charge in [0.15, 0.2) is 17.5 Å². The number of para-hydroxylation sites is 1. The minimum atomic E-state index is -3.72. The van der Waals surface area contributed by atoms with Gasteiger partial charge in [0.05, 0.1) is 4.47 Å². The van der Waals surface area contributed by atoms with Crippen LogP contribution >= 0.6 is 15.9 Å². The number of rotatable bonds is 5. The highest BCUT2D eigenvalue weighted by molar-refractivity contribution is 9.10. The zero-order valence-corrected chi connectivity index (χ0v) is 18.0. The third kappa shape index (κ3) is 4.45. The highest BCUT2D eigenvalue weighted by Gasteiger charge is 2.39. The predicted molar refractivity (Wildman–Crippen MR) is 120 cm³/mol. The first-order valence-corrected chi connectivity index (χ1v) is 10.2. The van der Waals surface area contributed by atoms with Gasteiger partial charge in [0.2, 0.25) is 0 Å². The maximum atomic E-state index is 15.3. The molecule has 0 atom stereocenters. The van der Waals surface area contributed by atoms with E-state index in [1.54, 1.807) is 18.2 Å². The molecular weight excluding hydrogens is 480 g/mol. The Hall–Kier alpha value is -3.79. The molecule has 4 aromatic rings. The standard InChI is InChI=1S/C22H16BrF2N7/c23-16-12-28-20(29-13-16)14-5-4-6-15(11-14)22(24,25)21(27)32-18(26)9-10-19(31-32)30-17-7-2-1-3-8-17/h1-13,26-27H,(H,30,31). The Labute approximate surface area is 190 Å². The summed E-state index contributed by atoms with van der Waals surface area (Å²) in [7, 11) is 0. The van der Waals surface area contributed by atoms with Gasteiger partial charge in [-0.25, -0.2) is 9.97 Å². The molecule has 0 saturated heterocycles. The summed E-state index contributed by atoms with van der Waals surface area (Å²) in [6.07, 6.45) is 3.04. The normalized spacial score (nSPS) is 11.2. The molecule has 32 heavy (non-hydrogen) atoms. The molecule has 0 aliphatic carbocycles. The SMILES string of the molecule is N=C(n1nc(Nc2ccccc2)ccc1=N)C(F)(F)c1cccc(-c2ncc(Br)cn2)c1. The van der Waals surface area contributed by atoms with Gasteiger partial charge < -0.3 is 5.32 Å². The van der Waals surface area contributed by atoms with Crippen LogP contribution in [-0.4, -0.2) is 25.6 Å². The van der Waals surface area contributed by atoms with Gasteiger partial charge in [-0.05, 0) is 46.3 Å². The number of alkyl halides is 2. The van der Waals surface area contributed by atoms with Crippen LogP contribution in [0.1, 0.15) is 5.56 Å². The Balaban J connectivity index is 1.67. The highest BCUT2D eigenvalue weighted by Crippen LogP contribution is 2.32. The second kappa shape index (κ2) is 8.75. The Morgan fingerprint density at radius 1 is 0.969 bits per heavy atom. The van der Waals surface area contributed by atoms with Crippen LogP contribution in [0, 0.1) is 10.8 Å². The summed E-state index contributed by atoms with van der Waals surface area (Å²) in [4.78, 5) is 8.26. The third-order valence-electron chi connectivity index (χ3n) is 4.49. The molecule has 3 N–H and O–H groups in total. The van der Waals surface area contributed by atoms with Gasteiger partial charge in [0, 0.05) is 29.2 Å². The number of hydrogen-bond acceptors (Lipinski definition) is 6. The number of nitrogens with one attached hydrogen (secondary N) is 3. The molecule has 10 heteroatoms. The molecule has 0 fully saturated rings. The van der Waals surface area contributed by atoms with E-state index < -0.39 is 17.3 Å². The summed E-state index contributed by atoms with van der Waals surface area (Å²) < 4.78 is 31.9. The number of nitrogens with zero attached hydrogens (tertiary/aromatic N) is 4. The van der Waals surface area contributed by atoms with Gasteiger partial charge in [-0.15, -0.1) is 5.10 Å². The van der Waals surface area contributed by atoms with E-state index in [4.69, 9.17) is 10.8 Å². The minimum absolute atomic E-state index is 0.227. The molecule has 0 unspecified atom stereocenters. The van der Waals surface area contributed by atoms with Crippen LogP contribution in [0.2, 0.25) is 0 Å². The summed E-state index contributed by atoms with van der Waals surface area (Å²) in [5.41, 5.74) is 0.304. The predicted octanol–water partition coefficient (Wildman–Crippen LogP) is 4.94. The smallest absolute Gasteiger partial charge is 0.331 e. The molecule has 160 valence electrons. The second-order valence-corrected chi connectivity index (χ2v) is 7.65. The summed E-state index contributed by atoms with van der Waals surface area (Å²) in [6.45, 7) is 0. The summed E-state index contributed by atoms with van der Waals surface area (Å²) >= 11 is 3.24. The average Bonchev–Trinajstić information content (AvgIpc) is 2.81. The molecule has 0 spiro atoms. The van der Waals surface area contributed by atoms with Gasteiger partial charge >= 0.3 is 5.92 Å². The Kier molecular flexibility index (Phi) is 5.87. The molecule has 2 heterocycles. The first-order valence-electron chi connectivity index (χ1n) is 9.37. The van der Waals surface area contributed by atoms with Crippen LogP contribution in [0.25, 0.3) is 11.4 Å². The van der Waals surface area contributed by atoms with Crippen LogP contribution in [0.3, 0.4) is 0 Å². The number of halogens is 3. The zero-order valence-electron chi connectivity index (χ0n) is 16.4. The molecule has 0 amide bonds. The van der Waals surface area contributed by atoms with Gasteiger partial charge in [0.25, 0.3) is 0 Å². The number of hydrogen-bond donors (Lipinski definition) is 3. The molecule has 0 aliphatic heterocycles. The molecule has 0 radical (unpaired) electrons. The number of aromatic nitrogens is 4. The van der Waals surface area contributed by atoms with Crippen LogP contribution < -0.4 is 10.8 Å².